The van der Waals surface area contributed by atoms with Crippen molar-refractivity contribution in [2.75, 3.05) is 39.6 Å². The molecule has 18 heteroatoms. The number of imide groups is 2. The van der Waals surface area contributed by atoms with Gasteiger partial charge in [0, 0.05) is 125 Å². The van der Waals surface area contributed by atoms with Gasteiger partial charge in [-0.25, -0.2) is 9.13 Å². The Bertz CT molecular complexity index is 2110. The molecule has 0 radical (unpaired) electrons. The van der Waals surface area contributed by atoms with E-state index < -0.39 is 41.6 Å². The molecule has 0 aliphatic carbocycles. The molecular weight excluding hydrogens is 818 g/mol. The highest BCUT2D eigenvalue weighted by Gasteiger charge is 2.59. The van der Waals surface area contributed by atoms with Crippen LogP contribution in [0.4, 0.5) is 0 Å². The zero-order valence-electron chi connectivity index (χ0n) is 30.0. The quantitative estimate of drug-likeness (QED) is 0.0463. The van der Waals surface area contributed by atoms with Crippen LogP contribution in [0.1, 0.15) is 83.0 Å². The number of amides is 4. The summed E-state index contributed by atoms with van der Waals surface area (Å²) in [4.78, 5) is 58.1. The fraction of sp³-hybridized carbons (Fsp3) is 0.333. The molecule has 0 unspecified atom stereocenters. The van der Waals surface area contributed by atoms with E-state index in [1.807, 2.05) is 0 Å². The van der Waals surface area contributed by atoms with E-state index >= 15 is 0 Å². The summed E-state index contributed by atoms with van der Waals surface area (Å²) in [6.07, 6.45) is 0. The van der Waals surface area contributed by atoms with Crippen LogP contribution < -0.4 is 0 Å². The van der Waals surface area contributed by atoms with Gasteiger partial charge >= 0.3 is 17.9 Å². The van der Waals surface area contributed by atoms with Gasteiger partial charge in [-0.2, -0.15) is 0 Å². The molecule has 12 nitrogen and oxygen atoms in total. The van der Waals surface area contributed by atoms with Gasteiger partial charge in [-0.3, -0.25) is 19.2 Å². The van der Waals surface area contributed by atoms with Gasteiger partial charge in [0.25, 0.3) is 23.6 Å². The van der Waals surface area contributed by atoms with Crippen molar-refractivity contribution in [1.82, 2.24) is 9.13 Å². The second-order valence-electron chi connectivity index (χ2n) is 12.2. The molecule has 2 aliphatic heterocycles. The maximum atomic E-state index is 14.5. The third-order valence-corrected chi connectivity index (χ3v) is 16.4. The largest absolute Gasteiger partial charge is 0.643 e. The Morgan fingerprint density at radius 1 is 0.389 bits per heavy atom. The standard InChI is InChI=1S/C36H34Cl4N2O10Si2/c1-7-47-53(48-8-2,49-9-3)41-33(43)17-13-21(37)27-29-23(39)15-19-26-20(36(46)42(35(19)45)54(50-10-4,51-11-5)52-12-6)16-24(40)30(32(26)29)28-22(38)14-18(34(41)44)25(17)31(27)28/h13-16H,7-12H2,1-6H3. The third-order valence-electron chi connectivity index (χ3n) is 9.36. The minimum absolute atomic E-state index is 0.0774. The molecule has 284 valence electrons. The maximum absolute atomic E-state index is 14.5. The fourth-order valence-electron chi connectivity index (χ4n) is 7.69. The number of nitrogens with zero attached hydrogens (tertiary/aromatic N) is 2. The first kappa shape index (κ1) is 39.3. The van der Waals surface area contributed by atoms with Crippen LogP contribution in [0.2, 0.25) is 20.1 Å². The summed E-state index contributed by atoms with van der Waals surface area (Å²) in [6, 6.07) is 5.81. The molecule has 0 aromatic heterocycles. The Kier molecular flexibility index (Phi) is 10.6. The summed E-state index contributed by atoms with van der Waals surface area (Å²) in [7, 11) is -8.24. The first-order valence-electron chi connectivity index (χ1n) is 17.4. The molecule has 0 bridgehead atoms. The molecule has 2 aliphatic rings. The van der Waals surface area contributed by atoms with Gasteiger partial charge in [0.1, 0.15) is 0 Å². The van der Waals surface area contributed by atoms with Crippen LogP contribution in [0.25, 0.3) is 43.1 Å². The first-order chi connectivity index (χ1) is 25.8. The first-order valence-corrected chi connectivity index (χ1v) is 22.3. The molecule has 7 rings (SSSR count). The maximum Gasteiger partial charge on any atom is 0.643 e. The van der Waals surface area contributed by atoms with Gasteiger partial charge in [0.2, 0.25) is 0 Å². The lowest BCUT2D eigenvalue weighted by molar-refractivity contribution is 0.0147. The van der Waals surface area contributed by atoms with E-state index in [0.29, 0.717) is 32.3 Å². The molecular formula is C36H34Cl4N2O10Si2. The summed E-state index contributed by atoms with van der Waals surface area (Å²) < 4.78 is 37.7. The van der Waals surface area contributed by atoms with E-state index in [2.05, 4.69) is 0 Å². The van der Waals surface area contributed by atoms with E-state index in [1.54, 1.807) is 41.5 Å². The lowest BCUT2D eigenvalue weighted by atomic mass is 9.82. The zero-order chi connectivity index (χ0) is 39.0. The third kappa shape index (κ3) is 5.38. The summed E-state index contributed by atoms with van der Waals surface area (Å²) in [5.41, 5.74) is 0.310. The molecule has 0 saturated carbocycles. The normalized spacial score (nSPS) is 15.1. The summed E-state index contributed by atoms with van der Waals surface area (Å²) in [5.74, 6) is -2.92. The van der Waals surface area contributed by atoms with Crippen molar-refractivity contribution < 1.29 is 45.7 Å². The highest BCUT2D eigenvalue weighted by molar-refractivity contribution is 6.68. The number of fused-ring (bicyclic) bond motifs is 2. The average molecular weight is 853 g/mol. The summed E-state index contributed by atoms with van der Waals surface area (Å²) in [5, 5.41) is 2.92. The van der Waals surface area contributed by atoms with Crippen molar-refractivity contribution in [2.45, 2.75) is 41.5 Å². The zero-order valence-corrected chi connectivity index (χ0v) is 35.1. The highest BCUT2D eigenvalue weighted by atomic mass is 35.5. The van der Waals surface area contributed by atoms with Crippen LogP contribution in [-0.2, 0) is 26.6 Å². The van der Waals surface area contributed by atoms with Gasteiger partial charge in [0.15, 0.2) is 0 Å². The van der Waals surface area contributed by atoms with Gasteiger partial charge < -0.3 is 26.6 Å². The van der Waals surface area contributed by atoms with Crippen molar-refractivity contribution in [1.29, 1.82) is 0 Å². The minimum atomic E-state index is -4.12. The Balaban J connectivity index is 1.59. The number of hydrogen-bond donors (Lipinski definition) is 0. The van der Waals surface area contributed by atoms with Gasteiger partial charge in [0.05, 0.1) is 0 Å². The van der Waals surface area contributed by atoms with E-state index in [4.69, 9.17) is 73.0 Å². The molecule has 5 aromatic carbocycles. The molecule has 0 saturated heterocycles. The van der Waals surface area contributed by atoms with Crippen LogP contribution in [0.5, 0.6) is 0 Å². The monoisotopic (exact) mass is 850 g/mol. The number of benzene rings is 5. The molecule has 0 spiro atoms. The van der Waals surface area contributed by atoms with E-state index in [1.165, 1.54) is 24.3 Å². The number of hydrogen-bond acceptors (Lipinski definition) is 10. The molecule has 0 N–H and O–H groups in total. The van der Waals surface area contributed by atoms with Crippen LogP contribution in [-0.4, -0.2) is 90.3 Å². The lowest BCUT2D eigenvalue weighted by Gasteiger charge is -2.39. The van der Waals surface area contributed by atoms with E-state index in [9.17, 15) is 19.2 Å². The van der Waals surface area contributed by atoms with Crippen molar-refractivity contribution >= 4 is 131 Å². The molecule has 0 atom stereocenters. The molecule has 4 amide bonds. The smallest absolute Gasteiger partial charge is 0.356 e. The Labute approximate surface area is 332 Å². The summed E-state index contributed by atoms with van der Waals surface area (Å²) in [6.45, 7) is 10.8. The van der Waals surface area contributed by atoms with Crippen molar-refractivity contribution in [3.8, 4) is 0 Å². The minimum Gasteiger partial charge on any atom is -0.356 e. The molecule has 54 heavy (non-hydrogen) atoms. The second kappa shape index (κ2) is 14.5. The van der Waals surface area contributed by atoms with Crippen LogP contribution in [0.3, 0.4) is 0 Å². The average Bonchev–Trinajstić information content (AvgIpc) is 3.11. The van der Waals surface area contributed by atoms with E-state index in [0.717, 1.165) is 9.13 Å². The number of carbonyl (C=O) groups is 4. The topological polar surface area (TPSA) is 130 Å². The number of rotatable bonds is 14. The Morgan fingerprint density at radius 2 is 0.593 bits per heavy atom. The fourth-order valence-corrected chi connectivity index (χ4v) is 13.8. The van der Waals surface area contributed by atoms with Crippen molar-refractivity contribution in [2.24, 2.45) is 0 Å². The van der Waals surface area contributed by atoms with Gasteiger partial charge in [-0.05, 0) is 65.8 Å². The Hall–Kier alpha value is -2.97. The van der Waals surface area contributed by atoms with Gasteiger partial charge in [-0.1, -0.05) is 46.4 Å². The molecule has 0 fully saturated rings. The number of carbonyl (C=O) groups excluding carboxylic acids is 4. The van der Waals surface area contributed by atoms with E-state index in [-0.39, 0.29) is 92.8 Å². The van der Waals surface area contributed by atoms with Crippen LogP contribution >= 0.6 is 46.4 Å². The highest BCUT2D eigenvalue weighted by Crippen LogP contribution is 2.54. The molecule has 5 aromatic rings. The Morgan fingerprint density at radius 3 is 0.778 bits per heavy atom. The second-order valence-corrected chi connectivity index (χ2v) is 18.5. The van der Waals surface area contributed by atoms with Crippen LogP contribution in [0, 0.1) is 0 Å². The SMILES string of the molecule is CCO[Si](OCC)(OCC)N1C(=O)c2cc(Cl)c3c4c(Cl)cc5c6c(cc(Cl)c(c7c(Cl)cc(c2c37)C1=O)c64)C(=O)N([Si](OCC)(OCC)OCC)C5=O. The van der Waals surface area contributed by atoms with Gasteiger partial charge in [-0.15, -0.1) is 0 Å². The lowest BCUT2D eigenvalue weighted by Crippen LogP contribution is -2.66. The molecule has 2 heterocycles. The summed E-state index contributed by atoms with van der Waals surface area (Å²) >= 11 is 28.6. The predicted molar refractivity (Wildman–Crippen MR) is 210 cm³/mol. The van der Waals surface area contributed by atoms with Crippen LogP contribution in [0.15, 0.2) is 24.3 Å². The van der Waals surface area contributed by atoms with Crippen molar-refractivity contribution in [3.05, 3.63) is 66.6 Å². The predicted octanol–water partition coefficient (Wildman–Crippen LogP) is 8.63. The number of halogens is 4. The van der Waals surface area contributed by atoms with Crippen molar-refractivity contribution in [3.63, 3.8) is 0 Å².